The van der Waals surface area contributed by atoms with Crippen LogP contribution < -0.4 is 5.32 Å². The van der Waals surface area contributed by atoms with E-state index in [9.17, 15) is 0 Å². The summed E-state index contributed by atoms with van der Waals surface area (Å²) in [7, 11) is 0. The Morgan fingerprint density at radius 2 is 2.10 bits per heavy atom. The zero-order valence-corrected chi connectivity index (χ0v) is 13.7. The van der Waals surface area contributed by atoms with Gasteiger partial charge in [-0.15, -0.1) is 0 Å². The van der Waals surface area contributed by atoms with Crippen LogP contribution in [-0.2, 0) is 11.3 Å². The second kappa shape index (κ2) is 9.08. The van der Waals surface area contributed by atoms with E-state index in [-0.39, 0.29) is 0 Å². The molecule has 1 aromatic rings. The molecule has 0 unspecified atom stereocenters. The number of nitrogens with zero attached hydrogens (tertiary/aromatic N) is 2. The van der Waals surface area contributed by atoms with Gasteiger partial charge in [-0.2, -0.15) is 0 Å². The Morgan fingerprint density at radius 3 is 2.81 bits per heavy atom. The number of aryl methyl sites for hydroxylation is 1. The number of hydrogen-bond acceptors (Lipinski definition) is 3. The highest BCUT2D eigenvalue weighted by molar-refractivity contribution is 5.27. The molecule has 4 heteroatoms. The zero-order chi connectivity index (χ0) is 14.9. The highest BCUT2D eigenvalue weighted by atomic mass is 16.5. The molecule has 0 aliphatic heterocycles. The number of rotatable bonds is 9. The molecule has 1 fully saturated rings. The van der Waals surface area contributed by atoms with Crippen LogP contribution in [0.4, 0.5) is 5.95 Å². The van der Waals surface area contributed by atoms with Gasteiger partial charge in [-0.05, 0) is 44.9 Å². The molecule has 0 radical (unpaired) electrons. The summed E-state index contributed by atoms with van der Waals surface area (Å²) in [5.74, 6) is 1.99. The molecular weight excluding hydrogens is 262 g/mol. The van der Waals surface area contributed by atoms with Gasteiger partial charge in [0.15, 0.2) is 0 Å². The second-order valence-corrected chi connectivity index (χ2v) is 6.15. The molecule has 1 saturated carbocycles. The topological polar surface area (TPSA) is 39.1 Å². The summed E-state index contributed by atoms with van der Waals surface area (Å²) in [6, 6.07) is 0.603. The van der Waals surface area contributed by atoms with Crippen molar-refractivity contribution in [3.8, 4) is 0 Å². The van der Waals surface area contributed by atoms with Gasteiger partial charge in [-0.25, -0.2) is 4.98 Å². The number of ether oxygens (including phenoxy) is 1. The van der Waals surface area contributed by atoms with Crippen molar-refractivity contribution in [2.45, 2.75) is 71.4 Å². The van der Waals surface area contributed by atoms with Gasteiger partial charge in [0.05, 0.1) is 0 Å². The summed E-state index contributed by atoms with van der Waals surface area (Å²) in [4.78, 5) is 4.48. The Hall–Kier alpha value is -1.03. The number of nitrogens with one attached hydrogen (secondary N) is 1. The zero-order valence-electron chi connectivity index (χ0n) is 13.7. The first-order chi connectivity index (χ1) is 10.3. The summed E-state index contributed by atoms with van der Waals surface area (Å²) in [6.07, 6.45) is 13.1. The van der Waals surface area contributed by atoms with E-state index < -0.39 is 0 Å². The van der Waals surface area contributed by atoms with Crippen molar-refractivity contribution >= 4 is 5.95 Å². The lowest BCUT2D eigenvalue weighted by Gasteiger charge is -2.29. The fraction of sp³-hybridized carbons (Fsp3) is 0.824. The number of imidazole rings is 1. The van der Waals surface area contributed by atoms with Crippen molar-refractivity contribution in [2.24, 2.45) is 5.92 Å². The molecular formula is C17H31N3O. The molecule has 1 N–H and O–H groups in total. The van der Waals surface area contributed by atoms with E-state index in [4.69, 9.17) is 4.74 Å². The summed E-state index contributed by atoms with van der Waals surface area (Å²) in [6.45, 7) is 6.95. The fourth-order valence-electron chi connectivity index (χ4n) is 3.30. The molecule has 0 atom stereocenters. The Morgan fingerprint density at radius 1 is 1.29 bits per heavy atom. The predicted octanol–water partition coefficient (Wildman–Crippen LogP) is 4.08. The Bertz CT molecular complexity index is 383. The molecule has 0 spiro atoms. The average molecular weight is 293 g/mol. The monoisotopic (exact) mass is 293 g/mol. The lowest BCUT2D eigenvalue weighted by molar-refractivity contribution is 0.142. The average Bonchev–Trinajstić information content (AvgIpc) is 2.93. The van der Waals surface area contributed by atoms with E-state index in [1.807, 2.05) is 13.1 Å². The van der Waals surface area contributed by atoms with E-state index >= 15 is 0 Å². The van der Waals surface area contributed by atoms with Crippen LogP contribution in [0.25, 0.3) is 0 Å². The van der Waals surface area contributed by atoms with Crippen molar-refractivity contribution in [3.63, 3.8) is 0 Å². The minimum absolute atomic E-state index is 0.603. The Balaban J connectivity index is 1.74. The SMILES string of the molecule is CCCC1CCC(Nc2nccn2CCCOCC)CC1. The van der Waals surface area contributed by atoms with Crippen LogP contribution in [0.2, 0.25) is 0 Å². The van der Waals surface area contributed by atoms with Crippen molar-refractivity contribution in [1.29, 1.82) is 0 Å². The van der Waals surface area contributed by atoms with Crippen LogP contribution in [0.15, 0.2) is 12.4 Å². The molecule has 1 aliphatic rings. The van der Waals surface area contributed by atoms with Crippen LogP contribution in [0.3, 0.4) is 0 Å². The highest BCUT2D eigenvalue weighted by Crippen LogP contribution is 2.29. The predicted molar refractivity (Wildman–Crippen MR) is 87.6 cm³/mol. The largest absolute Gasteiger partial charge is 0.382 e. The molecule has 1 aliphatic carbocycles. The second-order valence-electron chi connectivity index (χ2n) is 6.15. The first-order valence-electron chi connectivity index (χ1n) is 8.68. The molecule has 120 valence electrons. The molecule has 2 rings (SSSR count). The summed E-state index contributed by atoms with van der Waals surface area (Å²) >= 11 is 0. The van der Waals surface area contributed by atoms with Gasteiger partial charge < -0.3 is 14.6 Å². The van der Waals surface area contributed by atoms with E-state index in [2.05, 4.69) is 28.0 Å². The molecule has 21 heavy (non-hydrogen) atoms. The van der Waals surface area contributed by atoms with Gasteiger partial charge in [0.25, 0.3) is 0 Å². The Labute approximate surface area is 129 Å². The van der Waals surface area contributed by atoms with Gasteiger partial charge in [0, 0.05) is 38.2 Å². The van der Waals surface area contributed by atoms with Crippen LogP contribution in [-0.4, -0.2) is 28.8 Å². The van der Waals surface area contributed by atoms with Gasteiger partial charge in [0.2, 0.25) is 5.95 Å². The first kappa shape index (κ1) is 16.3. The maximum absolute atomic E-state index is 5.40. The molecule has 0 amide bonds. The van der Waals surface area contributed by atoms with Crippen molar-refractivity contribution in [2.75, 3.05) is 18.5 Å². The molecule has 0 saturated heterocycles. The third-order valence-corrected chi connectivity index (χ3v) is 4.48. The molecule has 1 heterocycles. The van der Waals surface area contributed by atoms with Crippen LogP contribution >= 0.6 is 0 Å². The van der Waals surface area contributed by atoms with Gasteiger partial charge in [0.1, 0.15) is 0 Å². The normalized spacial score (nSPS) is 22.4. The summed E-state index contributed by atoms with van der Waals surface area (Å²) < 4.78 is 7.62. The van der Waals surface area contributed by atoms with Crippen molar-refractivity contribution in [3.05, 3.63) is 12.4 Å². The van der Waals surface area contributed by atoms with Gasteiger partial charge in [-0.1, -0.05) is 19.8 Å². The lowest BCUT2D eigenvalue weighted by Crippen LogP contribution is -2.27. The lowest BCUT2D eigenvalue weighted by atomic mass is 9.83. The Kier molecular flexibility index (Phi) is 7.07. The number of hydrogen-bond donors (Lipinski definition) is 1. The molecule has 0 bridgehead atoms. The molecule has 4 nitrogen and oxygen atoms in total. The third-order valence-electron chi connectivity index (χ3n) is 4.48. The van der Waals surface area contributed by atoms with Crippen LogP contribution in [0.1, 0.15) is 58.8 Å². The number of aromatic nitrogens is 2. The van der Waals surface area contributed by atoms with Gasteiger partial charge in [-0.3, -0.25) is 0 Å². The fourth-order valence-corrected chi connectivity index (χ4v) is 3.30. The minimum Gasteiger partial charge on any atom is -0.382 e. The first-order valence-corrected chi connectivity index (χ1v) is 8.68. The highest BCUT2D eigenvalue weighted by Gasteiger charge is 2.21. The summed E-state index contributed by atoms with van der Waals surface area (Å²) in [5, 5.41) is 3.64. The van der Waals surface area contributed by atoms with E-state index in [0.29, 0.717) is 6.04 Å². The van der Waals surface area contributed by atoms with Crippen molar-refractivity contribution in [1.82, 2.24) is 9.55 Å². The van der Waals surface area contributed by atoms with E-state index in [0.717, 1.165) is 38.0 Å². The molecule has 1 aromatic heterocycles. The van der Waals surface area contributed by atoms with E-state index in [1.165, 1.54) is 38.5 Å². The molecule has 0 aromatic carbocycles. The quantitative estimate of drug-likeness (QED) is 0.697. The van der Waals surface area contributed by atoms with Crippen LogP contribution in [0, 0.1) is 5.92 Å². The maximum atomic E-state index is 5.40. The standard InChI is InChI=1S/C17H31N3O/c1-3-6-15-7-9-16(10-8-15)19-17-18-11-13-20(17)12-5-14-21-4-2/h11,13,15-16H,3-10,12,14H2,1-2H3,(H,18,19). The van der Waals surface area contributed by atoms with Crippen molar-refractivity contribution < 1.29 is 4.74 Å². The minimum atomic E-state index is 0.603. The smallest absolute Gasteiger partial charge is 0.202 e. The third kappa shape index (κ3) is 5.34. The number of anilines is 1. The van der Waals surface area contributed by atoms with Crippen LogP contribution in [0.5, 0.6) is 0 Å². The maximum Gasteiger partial charge on any atom is 0.202 e. The summed E-state index contributed by atoms with van der Waals surface area (Å²) in [5.41, 5.74) is 0. The van der Waals surface area contributed by atoms with Gasteiger partial charge >= 0.3 is 0 Å². The van der Waals surface area contributed by atoms with E-state index in [1.54, 1.807) is 0 Å².